The van der Waals surface area contributed by atoms with E-state index in [4.69, 9.17) is 0 Å². The molecule has 0 saturated heterocycles. The standard InChI is InChI=1S/C11H23NOS/c1-5-14(13)9-7-6-8-11(2,3)10(9)12-4/h9-10,12H,5-8H2,1-4H3. The van der Waals surface area contributed by atoms with Crippen molar-refractivity contribution in [3.8, 4) is 0 Å². The van der Waals surface area contributed by atoms with Crippen LogP contribution in [0, 0.1) is 5.41 Å². The van der Waals surface area contributed by atoms with E-state index < -0.39 is 10.8 Å². The first-order valence-corrected chi connectivity index (χ1v) is 6.95. The van der Waals surface area contributed by atoms with Gasteiger partial charge in [0.1, 0.15) is 0 Å². The van der Waals surface area contributed by atoms with Crippen molar-refractivity contribution < 1.29 is 4.21 Å². The fourth-order valence-electron chi connectivity index (χ4n) is 2.66. The second-order valence-corrected chi connectivity index (χ2v) is 6.80. The van der Waals surface area contributed by atoms with E-state index in [1.165, 1.54) is 12.8 Å². The summed E-state index contributed by atoms with van der Waals surface area (Å²) in [6.07, 6.45) is 3.59. The molecule has 2 nitrogen and oxygen atoms in total. The quantitative estimate of drug-likeness (QED) is 0.782. The summed E-state index contributed by atoms with van der Waals surface area (Å²) in [5.41, 5.74) is 0.294. The molecule has 3 atom stereocenters. The molecule has 0 bridgehead atoms. The maximum atomic E-state index is 11.9. The van der Waals surface area contributed by atoms with E-state index in [2.05, 4.69) is 19.2 Å². The van der Waals surface area contributed by atoms with Crippen LogP contribution in [-0.4, -0.2) is 28.3 Å². The molecule has 3 unspecified atom stereocenters. The molecule has 1 rings (SSSR count). The van der Waals surface area contributed by atoms with Gasteiger partial charge in [-0.2, -0.15) is 0 Å². The Morgan fingerprint density at radius 1 is 1.50 bits per heavy atom. The van der Waals surface area contributed by atoms with Crippen molar-refractivity contribution in [2.75, 3.05) is 12.8 Å². The Labute approximate surface area is 90.3 Å². The number of nitrogens with one attached hydrogen (secondary N) is 1. The zero-order valence-electron chi connectivity index (χ0n) is 9.80. The van der Waals surface area contributed by atoms with Gasteiger partial charge in [0.05, 0.1) is 5.25 Å². The van der Waals surface area contributed by atoms with Crippen molar-refractivity contribution >= 4 is 10.8 Å². The van der Waals surface area contributed by atoms with Gasteiger partial charge in [-0.3, -0.25) is 4.21 Å². The minimum absolute atomic E-state index is 0.294. The van der Waals surface area contributed by atoms with E-state index in [9.17, 15) is 4.21 Å². The Balaban J connectivity index is 2.79. The van der Waals surface area contributed by atoms with Gasteiger partial charge in [0.15, 0.2) is 0 Å². The summed E-state index contributed by atoms with van der Waals surface area (Å²) >= 11 is 0. The fourth-order valence-corrected chi connectivity index (χ4v) is 4.32. The van der Waals surface area contributed by atoms with Crippen LogP contribution >= 0.6 is 0 Å². The molecule has 0 aromatic rings. The second-order valence-electron chi connectivity index (χ2n) is 4.86. The third-order valence-electron chi connectivity index (χ3n) is 3.46. The highest BCUT2D eigenvalue weighted by atomic mass is 32.2. The van der Waals surface area contributed by atoms with Crippen molar-refractivity contribution in [2.45, 2.75) is 51.3 Å². The van der Waals surface area contributed by atoms with Gasteiger partial charge < -0.3 is 5.32 Å². The maximum absolute atomic E-state index is 11.9. The highest BCUT2D eigenvalue weighted by Crippen LogP contribution is 2.37. The Morgan fingerprint density at radius 3 is 2.64 bits per heavy atom. The lowest BCUT2D eigenvalue weighted by molar-refractivity contribution is 0.180. The number of hydrogen-bond acceptors (Lipinski definition) is 2. The number of rotatable bonds is 3. The van der Waals surface area contributed by atoms with Gasteiger partial charge in [-0.05, 0) is 25.3 Å². The highest BCUT2D eigenvalue weighted by Gasteiger charge is 2.40. The van der Waals surface area contributed by atoms with Crippen molar-refractivity contribution in [3.63, 3.8) is 0 Å². The van der Waals surface area contributed by atoms with Crippen molar-refractivity contribution in [1.29, 1.82) is 0 Å². The van der Waals surface area contributed by atoms with Gasteiger partial charge in [-0.25, -0.2) is 0 Å². The topological polar surface area (TPSA) is 29.1 Å². The fraction of sp³-hybridized carbons (Fsp3) is 1.00. The van der Waals surface area contributed by atoms with Crippen molar-refractivity contribution in [2.24, 2.45) is 5.41 Å². The van der Waals surface area contributed by atoms with E-state index in [0.717, 1.165) is 12.2 Å². The minimum Gasteiger partial charge on any atom is -0.315 e. The summed E-state index contributed by atoms with van der Waals surface area (Å²) in [6, 6.07) is 0.414. The van der Waals surface area contributed by atoms with Crippen LogP contribution in [0.15, 0.2) is 0 Å². The molecule has 14 heavy (non-hydrogen) atoms. The molecular weight excluding hydrogens is 194 g/mol. The molecule has 0 aromatic heterocycles. The van der Waals surface area contributed by atoms with E-state index in [1.54, 1.807) is 0 Å². The lowest BCUT2D eigenvalue weighted by Gasteiger charge is -2.43. The molecule has 1 aliphatic carbocycles. The number of hydrogen-bond donors (Lipinski definition) is 1. The SMILES string of the molecule is CCS(=O)C1CCCC(C)(C)C1NC. The molecular formula is C11H23NOS. The smallest absolute Gasteiger partial charge is 0.0506 e. The lowest BCUT2D eigenvalue weighted by atomic mass is 9.73. The molecule has 0 radical (unpaired) electrons. The van der Waals surface area contributed by atoms with Crippen molar-refractivity contribution in [3.05, 3.63) is 0 Å². The van der Waals surface area contributed by atoms with Crippen LogP contribution < -0.4 is 5.32 Å². The summed E-state index contributed by atoms with van der Waals surface area (Å²) < 4.78 is 11.9. The molecule has 1 fully saturated rings. The van der Waals surface area contributed by atoms with Gasteiger partial charge in [-0.15, -0.1) is 0 Å². The van der Waals surface area contributed by atoms with Gasteiger partial charge >= 0.3 is 0 Å². The molecule has 0 spiro atoms. The zero-order chi connectivity index (χ0) is 10.8. The summed E-state index contributed by atoms with van der Waals surface area (Å²) in [7, 11) is 1.35. The maximum Gasteiger partial charge on any atom is 0.0506 e. The van der Waals surface area contributed by atoms with Gasteiger partial charge in [0, 0.05) is 22.6 Å². The van der Waals surface area contributed by atoms with Crippen LogP contribution in [0.4, 0.5) is 0 Å². The summed E-state index contributed by atoms with van der Waals surface area (Å²) in [5, 5.41) is 3.72. The zero-order valence-corrected chi connectivity index (χ0v) is 10.6. The predicted octanol–water partition coefficient (Wildman–Crippen LogP) is 1.92. The van der Waals surface area contributed by atoms with Crippen LogP contribution in [-0.2, 0) is 10.8 Å². The average Bonchev–Trinajstić information content (AvgIpc) is 2.15. The Hall–Kier alpha value is 0.110. The third-order valence-corrected chi connectivity index (χ3v) is 5.21. The molecule has 0 amide bonds. The van der Waals surface area contributed by atoms with E-state index in [1.807, 2.05) is 14.0 Å². The first-order chi connectivity index (χ1) is 6.53. The van der Waals surface area contributed by atoms with Crippen molar-refractivity contribution in [1.82, 2.24) is 5.32 Å². The second kappa shape index (κ2) is 4.75. The average molecular weight is 217 g/mol. The summed E-state index contributed by atoms with van der Waals surface area (Å²) in [5.74, 6) is 0.791. The minimum atomic E-state index is -0.652. The lowest BCUT2D eigenvalue weighted by Crippen LogP contribution is -2.53. The Bertz CT molecular complexity index is 215. The van der Waals surface area contributed by atoms with Gasteiger partial charge in [0.25, 0.3) is 0 Å². The van der Waals surface area contributed by atoms with Crippen LogP contribution in [0.2, 0.25) is 0 Å². The highest BCUT2D eigenvalue weighted by molar-refractivity contribution is 7.85. The Morgan fingerprint density at radius 2 is 2.14 bits per heavy atom. The first-order valence-electron chi connectivity index (χ1n) is 5.57. The van der Waals surface area contributed by atoms with E-state index in [0.29, 0.717) is 16.7 Å². The molecule has 0 aromatic carbocycles. The molecule has 1 aliphatic rings. The van der Waals surface area contributed by atoms with Gasteiger partial charge in [-0.1, -0.05) is 27.2 Å². The van der Waals surface area contributed by atoms with Crippen LogP contribution in [0.3, 0.4) is 0 Å². The summed E-state index contributed by atoms with van der Waals surface area (Å²) in [4.78, 5) is 0. The third kappa shape index (κ3) is 2.37. The molecule has 0 heterocycles. The monoisotopic (exact) mass is 217 g/mol. The van der Waals surface area contributed by atoms with E-state index in [-0.39, 0.29) is 0 Å². The largest absolute Gasteiger partial charge is 0.315 e. The predicted molar refractivity (Wildman–Crippen MR) is 63.0 cm³/mol. The molecule has 84 valence electrons. The van der Waals surface area contributed by atoms with Gasteiger partial charge in [0.2, 0.25) is 0 Å². The molecule has 1 N–H and O–H groups in total. The van der Waals surface area contributed by atoms with E-state index >= 15 is 0 Å². The summed E-state index contributed by atoms with van der Waals surface area (Å²) in [6.45, 7) is 6.59. The molecule has 0 aliphatic heterocycles. The normalized spacial score (nSPS) is 34.0. The molecule has 3 heteroatoms. The first kappa shape index (κ1) is 12.2. The van der Waals surface area contributed by atoms with Crippen LogP contribution in [0.1, 0.15) is 40.0 Å². The van der Waals surface area contributed by atoms with Crippen LogP contribution in [0.25, 0.3) is 0 Å². The molecule has 1 saturated carbocycles. The van der Waals surface area contributed by atoms with Crippen LogP contribution in [0.5, 0.6) is 0 Å². The Kier molecular flexibility index (Phi) is 4.14.